The molecule has 0 aliphatic heterocycles. The highest BCUT2D eigenvalue weighted by atomic mass is 35.5. The van der Waals surface area contributed by atoms with Gasteiger partial charge < -0.3 is 10.2 Å². The lowest BCUT2D eigenvalue weighted by Gasteiger charge is -2.22. The molecule has 0 atom stereocenters. The summed E-state index contributed by atoms with van der Waals surface area (Å²) in [5.74, 6) is -0.460. The first-order valence-electron chi connectivity index (χ1n) is 7.16. The van der Waals surface area contributed by atoms with Crippen LogP contribution in [0.4, 0.5) is 5.69 Å². The van der Waals surface area contributed by atoms with Crippen LogP contribution in [-0.2, 0) is 4.79 Å². The zero-order chi connectivity index (χ0) is 17.7. The van der Waals surface area contributed by atoms with E-state index in [2.05, 4.69) is 5.32 Å². The van der Waals surface area contributed by atoms with Gasteiger partial charge in [-0.1, -0.05) is 46.9 Å². The van der Waals surface area contributed by atoms with Crippen LogP contribution in [0.25, 0.3) is 0 Å². The minimum atomic E-state index is -0.293. The minimum absolute atomic E-state index is 0.166. The first-order chi connectivity index (χ1) is 11.4. The molecule has 0 radical (unpaired) electrons. The van der Waals surface area contributed by atoms with Crippen molar-refractivity contribution >= 4 is 52.3 Å². The van der Waals surface area contributed by atoms with Crippen LogP contribution in [0.1, 0.15) is 17.3 Å². The van der Waals surface area contributed by atoms with E-state index in [-0.39, 0.29) is 18.4 Å². The third-order valence-electron chi connectivity index (χ3n) is 3.33. The summed E-state index contributed by atoms with van der Waals surface area (Å²) in [5.41, 5.74) is 1.01. The van der Waals surface area contributed by atoms with Gasteiger partial charge in [0.1, 0.15) is 0 Å². The van der Waals surface area contributed by atoms with Crippen LogP contribution in [0, 0.1) is 0 Å². The fourth-order valence-electron chi connectivity index (χ4n) is 2.14. The molecule has 0 aliphatic carbocycles. The topological polar surface area (TPSA) is 49.4 Å². The van der Waals surface area contributed by atoms with Gasteiger partial charge in [-0.15, -0.1) is 0 Å². The van der Waals surface area contributed by atoms with Gasteiger partial charge in [0.15, 0.2) is 0 Å². The van der Waals surface area contributed by atoms with E-state index in [1.54, 1.807) is 42.5 Å². The average molecular weight is 386 g/mol. The number of hydrogen-bond acceptors (Lipinski definition) is 2. The molecule has 0 saturated carbocycles. The van der Waals surface area contributed by atoms with E-state index in [9.17, 15) is 9.59 Å². The third kappa shape index (κ3) is 4.63. The Balaban J connectivity index is 2.02. The van der Waals surface area contributed by atoms with Crippen molar-refractivity contribution in [2.45, 2.75) is 6.92 Å². The van der Waals surface area contributed by atoms with E-state index in [0.717, 1.165) is 0 Å². The normalized spacial score (nSPS) is 10.3. The second-order valence-corrected chi connectivity index (χ2v) is 6.23. The van der Waals surface area contributed by atoms with Crippen LogP contribution in [0.3, 0.4) is 0 Å². The summed E-state index contributed by atoms with van der Waals surface area (Å²) in [7, 11) is 0. The van der Waals surface area contributed by atoms with E-state index in [1.807, 2.05) is 0 Å². The number of benzene rings is 2. The highest BCUT2D eigenvalue weighted by Gasteiger charge is 2.14. The first kappa shape index (κ1) is 18.6. The van der Waals surface area contributed by atoms with E-state index in [0.29, 0.717) is 32.9 Å². The predicted molar refractivity (Wildman–Crippen MR) is 98.3 cm³/mol. The Morgan fingerprint density at radius 2 is 1.71 bits per heavy atom. The molecule has 0 aromatic heterocycles. The third-order valence-corrected chi connectivity index (χ3v) is 4.40. The molecule has 7 heteroatoms. The largest absolute Gasteiger partial charge is 0.350 e. The average Bonchev–Trinajstić information content (AvgIpc) is 2.54. The quantitative estimate of drug-likeness (QED) is 0.827. The molecule has 2 rings (SSSR count). The van der Waals surface area contributed by atoms with Crippen molar-refractivity contribution in [3.05, 3.63) is 63.1 Å². The fourth-order valence-corrected chi connectivity index (χ4v) is 2.66. The molecular formula is C17H15Cl3N2O2. The number of anilines is 1. The van der Waals surface area contributed by atoms with Crippen molar-refractivity contribution in [3.63, 3.8) is 0 Å². The zero-order valence-corrected chi connectivity index (χ0v) is 15.1. The molecule has 0 unspecified atom stereocenters. The van der Waals surface area contributed by atoms with Gasteiger partial charge in [-0.3, -0.25) is 9.59 Å². The highest BCUT2D eigenvalue weighted by molar-refractivity contribution is 6.42. The SMILES string of the molecule is CC(=O)N(CCNC(=O)c1ccccc1Cl)c1ccc(Cl)c(Cl)c1. The number of hydrogen-bond donors (Lipinski definition) is 1. The number of carbonyl (C=O) groups excluding carboxylic acids is 2. The molecule has 126 valence electrons. The number of amides is 2. The van der Waals surface area contributed by atoms with Crippen molar-refractivity contribution in [3.8, 4) is 0 Å². The monoisotopic (exact) mass is 384 g/mol. The number of nitrogens with one attached hydrogen (secondary N) is 1. The van der Waals surface area contributed by atoms with Gasteiger partial charge in [-0.2, -0.15) is 0 Å². The van der Waals surface area contributed by atoms with Gasteiger partial charge in [0, 0.05) is 25.7 Å². The van der Waals surface area contributed by atoms with Crippen molar-refractivity contribution in [1.29, 1.82) is 0 Å². The summed E-state index contributed by atoms with van der Waals surface area (Å²) < 4.78 is 0. The van der Waals surface area contributed by atoms with Crippen molar-refractivity contribution in [2.24, 2.45) is 0 Å². The molecule has 2 aromatic rings. The van der Waals surface area contributed by atoms with Crippen LogP contribution < -0.4 is 10.2 Å². The number of nitrogens with zero attached hydrogens (tertiary/aromatic N) is 1. The molecule has 0 fully saturated rings. The Hall–Kier alpha value is -1.75. The standard InChI is InChI=1S/C17H15Cl3N2O2/c1-11(23)22(12-6-7-15(19)16(20)10-12)9-8-21-17(24)13-4-2-3-5-14(13)18/h2-7,10H,8-9H2,1H3,(H,21,24). The van der Waals surface area contributed by atoms with Crippen LogP contribution in [0.15, 0.2) is 42.5 Å². The molecule has 0 bridgehead atoms. The maximum absolute atomic E-state index is 12.1. The molecule has 24 heavy (non-hydrogen) atoms. The first-order valence-corrected chi connectivity index (χ1v) is 8.29. The summed E-state index contributed by atoms with van der Waals surface area (Å²) in [6.45, 7) is 2.01. The van der Waals surface area contributed by atoms with Crippen LogP contribution in [0.5, 0.6) is 0 Å². The second kappa shape index (κ2) is 8.38. The van der Waals surface area contributed by atoms with Crippen LogP contribution in [-0.4, -0.2) is 24.9 Å². The highest BCUT2D eigenvalue weighted by Crippen LogP contribution is 2.27. The summed E-state index contributed by atoms with van der Waals surface area (Å²) in [6, 6.07) is 11.7. The molecule has 2 amide bonds. The second-order valence-electron chi connectivity index (χ2n) is 5.00. The molecule has 4 nitrogen and oxygen atoms in total. The Morgan fingerprint density at radius 3 is 2.33 bits per heavy atom. The number of halogens is 3. The Bertz CT molecular complexity index is 765. The van der Waals surface area contributed by atoms with Crippen molar-refractivity contribution in [1.82, 2.24) is 5.32 Å². The number of rotatable bonds is 5. The Labute approximate surface area is 155 Å². The Kier molecular flexibility index (Phi) is 6.49. The summed E-state index contributed by atoms with van der Waals surface area (Å²) >= 11 is 17.9. The zero-order valence-electron chi connectivity index (χ0n) is 12.9. The maximum Gasteiger partial charge on any atom is 0.252 e. The van der Waals surface area contributed by atoms with Gasteiger partial charge in [-0.25, -0.2) is 0 Å². The number of carbonyl (C=O) groups is 2. The van der Waals surface area contributed by atoms with Crippen molar-refractivity contribution in [2.75, 3.05) is 18.0 Å². The molecular weight excluding hydrogens is 371 g/mol. The van der Waals surface area contributed by atoms with Gasteiger partial charge in [0.2, 0.25) is 5.91 Å². The van der Waals surface area contributed by atoms with Crippen molar-refractivity contribution < 1.29 is 9.59 Å². The molecule has 1 N–H and O–H groups in total. The lowest BCUT2D eigenvalue weighted by Crippen LogP contribution is -2.37. The summed E-state index contributed by atoms with van der Waals surface area (Å²) in [5, 5.41) is 3.90. The molecule has 0 spiro atoms. The maximum atomic E-state index is 12.1. The lowest BCUT2D eigenvalue weighted by atomic mass is 10.2. The molecule has 0 saturated heterocycles. The summed E-state index contributed by atoms with van der Waals surface area (Å²) in [4.78, 5) is 25.5. The minimum Gasteiger partial charge on any atom is -0.350 e. The fraction of sp³-hybridized carbons (Fsp3) is 0.176. The van der Waals surface area contributed by atoms with Gasteiger partial charge in [-0.05, 0) is 30.3 Å². The van der Waals surface area contributed by atoms with Gasteiger partial charge in [0.25, 0.3) is 5.91 Å². The molecule has 2 aromatic carbocycles. The van der Waals surface area contributed by atoms with E-state index < -0.39 is 0 Å². The molecule has 0 heterocycles. The lowest BCUT2D eigenvalue weighted by molar-refractivity contribution is -0.116. The Morgan fingerprint density at radius 1 is 1.00 bits per heavy atom. The van der Waals surface area contributed by atoms with E-state index in [4.69, 9.17) is 34.8 Å². The van der Waals surface area contributed by atoms with E-state index >= 15 is 0 Å². The van der Waals surface area contributed by atoms with Gasteiger partial charge >= 0.3 is 0 Å². The van der Waals surface area contributed by atoms with E-state index in [1.165, 1.54) is 11.8 Å². The van der Waals surface area contributed by atoms with Crippen LogP contribution >= 0.6 is 34.8 Å². The predicted octanol–water partition coefficient (Wildman–Crippen LogP) is 4.43. The smallest absolute Gasteiger partial charge is 0.252 e. The van der Waals surface area contributed by atoms with Gasteiger partial charge in [0.05, 0.1) is 20.6 Å². The van der Waals surface area contributed by atoms with Crippen LogP contribution in [0.2, 0.25) is 15.1 Å². The molecule has 0 aliphatic rings. The summed E-state index contributed by atoms with van der Waals surface area (Å²) in [6.07, 6.45) is 0.